The summed E-state index contributed by atoms with van der Waals surface area (Å²) in [4.78, 5) is 11.1. The smallest absolute Gasteiger partial charge is 0.332 e. The molecule has 5 atom stereocenters. The van der Waals surface area contributed by atoms with Gasteiger partial charge in [-0.15, -0.1) is 0 Å². The molecule has 0 N–H and O–H groups in total. The van der Waals surface area contributed by atoms with E-state index >= 15 is 0 Å². The molecule has 0 spiro atoms. The normalized spacial score (nSPS) is 33.2. The van der Waals surface area contributed by atoms with Gasteiger partial charge < -0.3 is 18.9 Å². The molecule has 0 aromatic carbocycles. The fourth-order valence-electron chi connectivity index (χ4n) is 4.34. The molecule has 5 nitrogen and oxygen atoms in total. The Labute approximate surface area is 145 Å². The van der Waals surface area contributed by atoms with E-state index in [4.69, 9.17) is 18.9 Å². The average molecular weight is 340 g/mol. The lowest BCUT2D eigenvalue weighted by Crippen LogP contribution is -2.37. The molecule has 0 aromatic heterocycles. The minimum atomic E-state index is -0.670. The number of hydrogen-bond donors (Lipinski definition) is 0. The Morgan fingerprint density at radius 3 is 2.50 bits per heavy atom. The maximum atomic E-state index is 11.1. The molecule has 0 amide bonds. The van der Waals surface area contributed by atoms with Gasteiger partial charge in [0.25, 0.3) is 0 Å². The van der Waals surface area contributed by atoms with Gasteiger partial charge in [-0.05, 0) is 49.9 Å². The molecule has 2 saturated carbocycles. The van der Waals surface area contributed by atoms with Crippen LogP contribution in [0.1, 0.15) is 53.9 Å². The highest BCUT2D eigenvalue weighted by atomic mass is 16.8. The Bertz CT molecular complexity index is 461. The van der Waals surface area contributed by atoms with Crippen LogP contribution in [0.25, 0.3) is 0 Å². The number of fused-ring (bicyclic) bond motifs is 2. The quantitative estimate of drug-likeness (QED) is 0.277. The van der Waals surface area contributed by atoms with Crippen LogP contribution in [-0.4, -0.2) is 37.9 Å². The lowest BCUT2D eigenvalue weighted by atomic mass is 9.70. The van der Waals surface area contributed by atoms with Gasteiger partial charge in [-0.25, -0.2) is 4.79 Å². The average Bonchev–Trinajstić information content (AvgIpc) is 2.84. The van der Waals surface area contributed by atoms with Gasteiger partial charge in [-0.2, -0.15) is 0 Å². The standard InChI is InChI=1S/C19H32O5/c1-7-17(20)24-14(3)23-13(2)21-10-11-22-16-12-15-8-9-19(16,6)18(15,4)5/h7,13-16H,1,8-12H2,2-6H3. The highest BCUT2D eigenvalue weighted by molar-refractivity contribution is 5.81. The van der Waals surface area contributed by atoms with Crippen molar-refractivity contribution >= 4 is 5.97 Å². The lowest BCUT2D eigenvalue weighted by Gasteiger charge is -2.38. The largest absolute Gasteiger partial charge is 0.433 e. The van der Waals surface area contributed by atoms with Crippen LogP contribution in [0.2, 0.25) is 0 Å². The van der Waals surface area contributed by atoms with Gasteiger partial charge in [0.15, 0.2) is 6.29 Å². The molecule has 2 rings (SSSR count). The molecule has 2 fully saturated rings. The van der Waals surface area contributed by atoms with Gasteiger partial charge in [-0.1, -0.05) is 27.4 Å². The van der Waals surface area contributed by atoms with Crippen molar-refractivity contribution in [3.05, 3.63) is 12.7 Å². The fraction of sp³-hybridized carbons (Fsp3) is 0.842. The summed E-state index contributed by atoms with van der Waals surface area (Å²) in [6.45, 7) is 14.9. The first-order valence-electron chi connectivity index (χ1n) is 8.92. The van der Waals surface area contributed by atoms with Gasteiger partial charge in [-0.3, -0.25) is 0 Å². The summed E-state index contributed by atoms with van der Waals surface area (Å²) in [6, 6.07) is 0. The van der Waals surface area contributed by atoms with E-state index in [1.165, 1.54) is 12.8 Å². The molecular formula is C19H32O5. The molecule has 0 aliphatic heterocycles. The summed E-state index contributed by atoms with van der Waals surface area (Å²) in [7, 11) is 0. The van der Waals surface area contributed by atoms with Gasteiger partial charge >= 0.3 is 5.97 Å². The van der Waals surface area contributed by atoms with Crippen LogP contribution in [0.4, 0.5) is 0 Å². The highest BCUT2D eigenvalue weighted by Gasteiger charge is 2.61. The van der Waals surface area contributed by atoms with E-state index in [0.29, 0.717) is 24.7 Å². The Hall–Kier alpha value is -0.910. The summed E-state index contributed by atoms with van der Waals surface area (Å²) in [5, 5.41) is 0. The molecule has 2 bridgehead atoms. The van der Waals surface area contributed by atoms with Crippen LogP contribution in [-0.2, 0) is 23.7 Å². The molecular weight excluding hydrogens is 308 g/mol. The first-order valence-corrected chi connectivity index (χ1v) is 8.92. The summed E-state index contributed by atoms with van der Waals surface area (Å²) in [5.74, 6) is 0.265. The molecule has 138 valence electrons. The maximum Gasteiger partial charge on any atom is 0.332 e. The lowest BCUT2D eigenvalue weighted by molar-refractivity contribution is -0.230. The highest BCUT2D eigenvalue weighted by Crippen LogP contribution is 2.66. The van der Waals surface area contributed by atoms with Gasteiger partial charge in [0, 0.05) is 6.08 Å². The van der Waals surface area contributed by atoms with E-state index in [-0.39, 0.29) is 5.41 Å². The van der Waals surface area contributed by atoms with Gasteiger partial charge in [0.1, 0.15) is 0 Å². The Kier molecular flexibility index (Phi) is 6.10. The van der Waals surface area contributed by atoms with Crippen molar-refractivity contribution in [2.75, 3.05) is 13.2 Å². The minimum absolute atomic E-state index is 0.271. The van der Waals surface area contributed by atoms with Crippen molar-refractivity contribution < 1.29 is 23.7 Å². The number of hydrogen-bond acceptors (Lipinski definition) is 5. The van der Waals surface area contributed by atoms with Crippen LogP contribution >= 0.6 is 0 Å². The SMILES string of the molecule is C=CC(=O)OC(C)OC(C)OCCOC1CC2CCC1(C)C2(C)C. The third-order valence-corrected chi connectivity index (χ3v) is 6.30. The van der Waals surface area contributed by atoms with Crippen LogP contribution in [0.15, 0.2) is 12.7 Å². The summed E-state index contributed by atoms with van der Waals surface area (Å²) in [6.07, 6.45) is 4.03. The van der Waals surface area contributed by atoms with Crippen molar-refractivity contribution in [2.24, 2.45) is 16.7 Å². The number of carbonyl (C=O) groups is 1. The third kappa shape index (κ3) is 3.84. The fourth-order valence-corrected chi connectivity index (χ4v) is 4.34. The second-order valence-electron chi connectivity index (χ2n) is 7.75. The van der Waals surface area contributed by atoms with Crippen molar-refractivity contribution in [1.29, 1.82) is 0 Å². The van der Waals surface area contributed by atoms with Crippen LogP contribution in [0.3, 0.4) is 0 Å². The molecule has 0 aromatic rings. The monoisotopic (exact) mass is 340 g/mol. The van der Waals surface area contributed by atoms with E-state index < -0.39 is 18.5 Å². The van der Waals surface area contributed by atoms with Gasteiger partial charge in [0.2, 0.25) is 6.29 Å². The summed E-state index contributed by atoms with van der Waals surface area (Å²) < 4.78 is 22.1. The molecule has 2 aliphatic rings. The number of esters is 1. The number of rotatable bonds is 9. The Morgan fingerprint density at radius 1 is 1.25 bits per heavy atom. The van der Waals surface area contributed by atoms with E-state index in [0.717, 1.165) is 18.4 Å². The first kappa shape index (κ1) is 19.4. The number of carbonyl (C=O) groups excluding carboxylic acids is 1. The molecule has 0 radical (unpaired) electrons. The Balaban J connectivity index is 1.65. The molecule has 24 heavy (non-hydrogen) atoms. The summed E-state index contributed by atoms with van der Waals surface area (Å²) >= 11 is 0. The molecule has 5 heteroatoms. The second-order valence-corrected chi connectivity index (χ2v) is 7.75. The zero-order valence-corrected chi connectivity index (χ0v) is 15.7. The van der Waals surface area contributed by atoms with Crippen molar-refractivity contribution in [3.8, 4) is 0 Å². The van der Waals surface area contributed by atoms with E-state index in [1.54, 1.807) is 13.8 Å². The third-order valence-electron chi connectivity index (χ3n) is 6.30. The second kappa shape index (κ2) is 7.54. The van der Waals surface area contributed by atoms with Crippen molar-refractivity contribution in [1.82, 2.24) is 0 Å². The number of ether oxygens (including phenoxy) is 4. The predicted molar refractivity (Wildman–Crippen MR) is 91.2 cm³/mol. The van der Waals surface area contributed by atoms with Crippen LogP contribution in [0.5, 0.6) is 0 Å². The summed E-state index contributed by atoms with van der Waals surface area (Å²) in [5.41, 5.74) is 0.632. The van der Waals surface area contributed by atoms with Crippen LogP contribution in [0, 0.1) is 16.7 Å². The Morgan fingerprint density at radius 2 is 1.96 bits per heavy atom. The van der Waals surface area contributed by atoms with E-state index in [9.17, 15) is 4.79 Å². The molecule has 2 aliphatic carbocycles. The topological polar surface area (TPSA) is 54.0 Å². The van der Waals surface area contributed by atoms with E-state index in [2.05, 4.69) is 27.4 Å². The first-order chi connectivity index (χ1) is 11.2. The molecule has 0 heterocycles. The zero-order valence-electron chi connectivity index (χ0n) is 15.7. The zero-order chi connectivity index (χ0) is 18.0. The van der Waals surface area contributed by atoms with Crippen LogP contribution < -0.4 is 0 Å². The van der Waals surface area contributed by atoms with Crippen molar-refractivity contribution in [3.63, 3.8) is 0 Å². The molecule has 5 unspecified atom stereocenters. The predicted octanol–water partition coefficient (Wildman–Crippen LogP) is 3.67. The molecule has 0 saturated heterocycles. The minimum Gasteiger partial charge on any atom is -0.433 e. The van der Waals surface area contributed by atoms with Crippen molar-refractivity contribution in [2.45, 2.75) is 72.6 Å². The van der Waals surface area contributed by atoms with E-state index in [1.807, 2.05) is 0 Å². The van der Waals surface area contributed by atoms with Gasteiger partial charge in [0.05, 0.1) is 19.3 Å². The maximum absolute atomic E-state index is 11.1.